The highest BCUT2D eigenvalue weighted by molar-refractivity contribution is 5.81. The number of hydrogen-bond donors (Lipinski definition) is 1. The Morgan fingerprint density at radius 3 is 2.56 bits per heavy atom. The molecular weight excluding hydrogens is 198 g/mol. The van der Waals surface area contributed by atoms with Crippen LogP contribution in [0.25, 0.3) is 5.57 Å². The summed E-state index contributed by atoms with van der Waals surface area (Å²) < 4.78 is 0. The summed E-state index contributed by atoms with van der Waals surface area (Å²) in [6, 6.07) is 8.09. The van der Waals surface area contributed by atoms with Crippen LogP contribution in [-0.2, 0) is 4.79 Å². The minimum atomic E-state index is 0.0226. The first-order valence-corrected chi connectivity index (χ1v) is 5.53. The summed E-state index contributed by atoms with van der Waals surface area (Å²) in [5.74, 6) is 0.224. The zero-order chi connectivity index (χ0) is 12.1. The van der Waals surface area contributed by atoms with E-state index in [2.05, 4.69) is 13.0 Å². The normalized spacial score (nSPS) is 13.6. The molecule has 0 radical (unpaired) electrons. The summed E-state index contributed by atoms with van der Waals surface area (Å²) in [5.41, 5.74) is 9.02. The van der Waals surface area contributed by atoms with E-state index < -0.39 is 0 Å². The maximum absolute atomic E-state index is 11.2. The molecule has 86 valence electrons. The molecule has 1 aromatic rings. The van der Waals surface area contributed by atoms with Crippen LogP contribution in [0.2, 0.25) is 0 Å². The van der Waals surface area contributed by atoms with Gasteiger partial charge in [-0.3, -0.25) is 4.79 Å². The first kappa shape index (κ1) is 12.5. The predicted molar refractivity (Wildman–Crippen MR) is 67.8 cm³/mol. The molecule has 1 unspecified atom stereocenters. The van der Waals surface area contributed by atoms with Crippen LogP contribution >= 0.6 is 0 Å². The van der Waals surface area contributed by atoms with Gasteiger partial charge in [-0.25, -0.2) is 0 Å². The second kappa shape index (κ2) is 5.50. The van der Waals surface area contributed by atoms with E-state index in [1.54, 1.807) is 13.1 Å². The first-order chi connectivity index (χ1) is 7.56. The highest BCUT2D eigenvalue weighted by atomic mass is 16.1. The molecular formula is C14H19NO. The second-order valence-corrected chi connectivity index (χ2v) is 4.22. The Labute approximate surface area is 97.2 Å². The number of carbonyl (C=O) groups excluding carboxylic acids is 1. The van der Waals surface area contributed by atoms with Crippen LogP contribution in [0.4, 0.5) is 0 Å². The van der Waals surface area contributed by atoms with Crippen molar-refractivity contribution in [2.75, 3.05) is 0 Å². The van der Waals surface area contributed by atoms with Gasteiger partial charge >= 0.3 is 0 Å². The molecule has 1 atom stereocenters. The zero-order valence-corrected chi connectivity index (χ0v) is 10.2. The average molecular weight is 217 g/mol. The van der Waals surface area contributed by atoms with Crippen molar-refractivity contribution >= 4 is 11.4 Å². The fraction of sp³-hybridized carbons (Fsp3) is 0.357. The Kier molecular flexibility index (Phi) is 4.29. The molecule has 1 aromatic carbocycles. The number of Topliss-reactive ketones (excluding diaryl/α,β-unsaturated/α-hetero) is 1. The van der Waals surface area contributed by atoms with Gasteiger partial charge in [0.25, 0.3) is 0 Å². The molecule has 0 bridgehead atoms. The molecule has 0 saturated carbocycles. The number of benzene rings is 1. The van der Waals surface area contributed by atoms with E-state index in [0.717, 1.165) is 11.1 Å². The highest BCUT2D eigenvalue weighted by Gasteiger charge is 2.12. The van der Waals surface area contributed by atoms with Gasteiger partial charge in [0.05, 0.1) is 0 Å². The number of ketones is 1. The fourth-order valence-corrected chi connectivity index (χ4v) is 1.67. The molecule has 2 N–H and O–H groups in total. The van der Waals surface area contributed by atoms with E-state index in [0.29, 0.717) is 6.42 Å². The van der Waals surface area contributed by atoms with Crippen LogP contribution in [0.5, 0.6) is 0 Å². The fourth-order valence-electron chi connectivity index (χ4n) is 1.67. The van der Waals surface area contributed by atoms with Crippen molar-refractivity contribution < 1.29 is 4.79 Å². The molecule has 0 aliphatic carbocycles. The van der Waals surface area contributed by atoms with Crippen LogP contribution in [0.15, 0.2) is 30.5 Å². The monoisotopic (exact) mass is 217 g/mol. The molecule has 0 spiro atoms. The molecule has 2 heteroatoms. The Bertz CT molecular complexity index is 407. The molecule has 16 heavy (non-hydrogen) atoms. The van der Waals surface area contributed by atoms with E-state index in [1.807, 2.05) is 25.1 Å². The van der Waals surface area contributed by atoms with Crippen LogP contribution in [0.1, 0.15) is 31.4 Å². The summed E-state index contributed by atoms with van der Waals surface area (Å²) in [7, 11) is 0. The summed E-state index contributed by atoms with van der Waals surface area (Å²) >= 11 is 0. The van der Waals surface area contributed by atoms with Gasteiger partial charge in [-0.2, -0.15) is 0 Å². The molecule has 2 nitrogen and oxygen atoms in total. The van der Waals surface area contributed by atoms with Crippen molar-refractivity contribution in [2.45, 2.75) is 27.2 Å². The third-order valence-corrected chi connectivity index (χ3v) is 2.91. The molecule has 0 aliphatic rings. The minimum absolute atomic E-state index is 0.0226. The van der Waals surface area contributed by atoms with Crippen molar-refractivity contribution in [1.29, 1.82) is 0 Å². The third kappa shape index (κ3) is 2.96. The van der Waals surface area contributed by atoms with Crippen molar-refractivity contribution in [2.24, 2.45) is 11.7 Å². The lowest BCUT2D eigenvalue weighted by Gasteiger charge is -2.13. The maximum atomic E-state index is 11.2. The zero-order valence-electron chi connectivity index (χ0n) is 10.2. The summed E-state index contributed by atoms with van der Waals surface area (Å²) in [5, 5.41) is 0. The second-order valence-electron chi connectivity index (χ2n) is 4.22. The standard InChI is InChI=1S/C14H19NO/c1-10-6-4-5-7-14(10)13(9-15)8-11(2)12(3)16/h4-7,9,11H,8,15H2,1-3H3/b13-9-. The SMILES string of the molecule is CC(=O)C(C)C/C(=C/N)c1ccccc1C. The quantitative estimate of drug-likeness (QED) is 0.842. The summed E-state index contributed by atoms with van der Waals surface area (Å²) in [6.07, 6.45) is 2.32. The van der Waals surface area contributed by atoms with Crippen molar-refractivity contribution in [3.8, 4) is 0 Å². The van der Waals surface area contributed by atoms with Crippen molar-refractivity contribution in [3.63, 3.8) is 0 Å². The predicted octanol–water partition coefficient (Wildman–Crippen LogP) is 2.91. The number of hydrogen-bond acceptors (Lipinski definition) is 2. The molecule has 0 aliphatic heterocycles. The van der Waals surface area contributed by atoms with E-state index in [9.17, 15) is 4.79 Å². The van der Waals surface area contributed by atoms with E-state index in [-0.39, 0.29) is 11.7 Å². The Hall–Kier alpha value is -1.57. The molecule has 0 heterocycles. The molecule has 0 fully saturated rings. The van der Waals surface area contributed by atoms with Crippen molar-refractivity contribution in [3.05, 3.63) is 41.6 Å². The topological polar surface area (TPSA) is 43.1 Å². The number of rotatable bonds is 4. The van der Waals surface area contributed by atoms with Gasteiger partial charge in [0.1, 0.15) is 5.78 Å². The molecule has 0 amide bonds. The van der Waals surface area contributed by atoms with Gasteiger partial charge in [-0.1, -0.05) is 31.2 Å². The maximum Gasteiger partial charge on any atom is 0.132 e. The number of nitrogens with two attached hydrogens (primary N) is 1. The lowest BCUT2D eigenvalue weighted by atomic mass is 9.91. The smallest absolute Gasteiger partial charge is 0.132 e. The largest absolute Gasteiger partial charge is 0.404 e. The summed E-state index contributed by atoms with van der Waals surface area (Å²) in [4.78, 5) is 11.2. The average Bonchev–Trinajstić information content (AvgIpc) is 2.26. The van der Waals surface area contributed by atoms with Gasteiger partial charge < -0.3 is 5.73 Å². The van der Waals surface area contributed by atoms with Gasteiger partial charge in [0, 0.05) is 5.92 Å². The Morgan fingerprint density at radius 1 is 1.44 bits per heavy atom. The number of carbonyl (C=O) groups is 1. The summed E-state index contributed by atoms with van der Waals surface area (Å²) in [6.45, 7) is 5.61. The lowest BCUT2D eigenvalue weighted by Crippen LogP contribution is -2.08. The molecule has 0 aromatic heterocycles. The van der Waals surface area contributed by atoms with Gasteiger partial charge in [0.15, 0.2) is 0 Å². The van der Waals surface area contributed by atoms with Crippen LogP contribution in [0, 0.1) is 12.8 Å². The Morgan fingerprint density at radius 2 is 2.06 bits per heavy atom. The highest BCUT2D eigenvalue weighted by Crippen LogP contribution is 2.24. The minimum Gasteiger partial charge on any atom is -0.404 e. The van der Waals surface area contributed by atoms with Crippen molar-refractivity contribution in [1.82, 2.24) is 0 Å². The Balaban J connectivity index is 2.93. The third-order valence-electron chi connectivity index (χ3n) is 2.91. The van der Waals surface area contributed by atoms with E-state index >= 15 is 0 Å². The van der Waals surface area contributed by atoms with E-state index in [4.69, 9.17) is 5.73 Å². The van der Waals surface area contributed by atoms with Gasteiger partial charge in [-0.15, -0.1) is 0 Å². The van der Waals surface area contributed by atoms with Crippen LogP contribution in [-0.4, -0.2) is 5.78 Å². The number of allylic oxidation sites excluding steroid dienone is 1. The van der Waals surface area contributed by atoms with Gasteiger partial charge in [0.2, 0.25) is 0 Å². The lowest BCUT2D eigenvalue weighted by molar-refractivity contribution is -0.120. The number of aryl methyl sites for hydroxylation is 1. The van der Waals surface area contributed by atoms with E-state index in [1.165, 1.54) is 5.56 Å². The van der Waals surface area contributed by atoms with Crippen LogP contribution < -0.4 is 5.73 Å². The van der Waals surface area contributed by atoms with Gasteiger partial charge in [-0.05, 0) is 43.2 Å². The first-order valence-electron chi connectivity index (χ1n) is 5.53. The van der Waals surface area contributed by atoms with Crippen LogP contribution in [0.3, 0.4) is 0 Å². The molecule has 1 rings (SSSR count). The molecule has 0 saturated heterocycles.